The summed E-state index contributed by atoms with van der Waals surface area (Å²) in [5.41, 5.74) is 11.5. The Labute approximate surface area is 743 Å². The lowest BCUT2D eigenvalue weighted by atomic mass is 9.78. The summed E-state index contributed by atoms with van der Waals surface area (Å²) in [6.45, 7) is 3.69. The maximum atomic E-state index is 13.3. The van der Waals surface area contributed by atoms with Crippen molar-refractivity contribution in [3.05, 3.63) is 338 Å². The van der Waals surface area contributed by atoms with Crippen molar-refractivity contribution in [2.75, 3.05) is 49.3 Å². The number of hydrogen-bond acceptors (Lipinski definition) is 23. The van der Waals surface area contributed by atoms with Crippen LogP contribution in [0.2, 0.25) is 5.02 Å². The van der Waals surface area contributed by atoms with E-state index in [1.54, 1.807) is 122 Å². The molecular weight excluding hydrogens is 1640 g/mol. The standard InChI is InChI=1S/C17H17BO5.C17H19BO4.C16H15BO5.C15H14BClO3.C15H14BFO3.C15H15BO4/c1-12(19)23-17-10-14(9-15(11-17)18(20)21)4-3-13-5-7-16(22-2)8-6-13;1-3-22-17-11-14(10-15(12-17)18(19)20)5-4-13-6-8-16(21-2)9-7-13;1-22-15-6-4-11(5-7-15)2-3-12-8-13(16(18)19)10-14(9-12)17(20)21;3*1-20-15-6-4-11(5-7-15)2-3-12-8-13(16(18)19)10-14(17)9-12/h3-11,20-21H,1-2H3;4-12,19-20H,3H2,1-2H3;2-10,20-21H,1H3,(H,18,19);2*2-10,18-19H,1H3;2-10,17-19H,1H3/b4-3+;5-4+;4*3-2+. The SMILES string of the molecule is CCOc1cc(/C=C/c2ccc(OC)cc2)cc(B(O)O)c1.COc1ccc(/C=C/c2cc(B(O)O)cc(C(=O)O)c2)cc1.COc1ccc(/C=C/c2cc(Cl)cc(B(O)O)c2)cc1.COc1ccc(/C=C/c2cc(F)cc(B(O)O)c2)cc1.COc1ccc(/C=C/c2cc(O)cc(B(O)O)c2)cc1.COc1ccc(/C=C/c2cc(OC(C)=O)cc(B(O)O)c2)cc1. The van der Waals surface area contributed by atoms with Gasteiger partial charge in [-0.3, -0.25) is 4.79 Å². The molecule has 650 valence electrons. The number of carboxylic acids is 1. The van der Waals surface area contributed by atoms with Crippen LogP contribution in [0.1, 0.15) is 91.0 Å². The van der Waals surface area contributed by atoms with E-state index in [0.717, 1.165) is 85.1 Å². The van der Waals surface area contributed by atoms with Crippen LogP contribution in [0.3, 0.4) is 0 Å². The second kappa shape index (κ2) is 52.4. The highest BCUT2D eigenvalue weighted by atomic mass is 35.5. The molecule has 0 fully saturated rings. The average molecular weight is 1740 g/mol. The van der Waals surface area contributed by atoms with Crippen molar-refractivity contribution in [1.29, 1.82) is 0 Å². The van der Waals surface area contributed by atoms with Crippen LogP contribution in [-0.4, -0.2) is 174 Å². The van der Waals surface area contributed by atoms with E-state index in [9.17, 15) is 59.3 Å². The van der Waals surface area contributed by atoms with Crippen LogP contribution >= 0.6 is 11.6 Å². The summed E-state index contributed by atoms with van der Waals surface area (Å²) in [5.74, 6) is 3.43. The Morgan fingerprint density at radius 3 is 0.835 bits per heavy atom. The van der Waals surface area contributed by atoms with Gasteiger partial charge in [0.1, 0.15) is 57.6 Å². The molecule has 0 aromatic heterocycles. The fraction of sp³-hybridized carbons (Fsp3) is 0.0947. The highest BCUT2D eigenvalue weighted by molar-refractivity contribution is 6.61. The van der Waals surface area contributed by atoms with Crippen LogP contribution in [0.15, 0.2) is 255 Å². The lowest BCUT2D eigenvalue weighted by Gasteiger charge is -2.08. The molecule has 0 unspecified atom stereocenters. The number of methoxy groups -OCH3 is 6. The smallest absolute Gasteiger partial charge is 0.488 e. The predicted molar refractivity (Wildman–Crippen MR) is 505 cm³/mol. The third-order valence-corrected chi connectivity index (χ3v) is 18.1. The van der Waals surface area contributed by atoms with Crippen molar-refractivity contribution < 1.29 is 122 Å². The van der Waals surface area contributed by atoms with Gasteiger partial charge in [-0.05, 0) is 252 Å². The number of esters is 1. The molecule has 0 heterocycles. The van der Waals surface area contributed by atoms with E-state index in [2.05, 4.69) is 0 Å². The molecule has 0 aliphatic rings. The minimum absolute atomic E-state index is 0.0000177. The van der Waals surface area contributed by atoms with Gasteiger partial charge in [-0.25, -0.2) is 9.18 Å². The van der Waals surface area contributed by atoms with Crippen molar-refractivity contribution in [2.45, 2.75) is 13.8 Å². The number of carbonyl (C=O) groups excluding carboxylic acids is 1. The minimum atomic E-state index is -1.72. The summed E-state index contributed by atoms with van der Waals surface area (Å²) in [7, 11) is -0.0319. The Kier molecular flexibility index (Phi) is 41.5. The number of carbonyl (C=O) groups is 2. The van der Waals surface area contributed by atoms with Gasteiger partial charge in [0.2, 0.25) is 0 Å². The topological polar surface area (TPSA) is 391 Å². The summed E-state index contributed by atoms with van der Waals surface area (Å²) in [6.07, 6.45) is 21.9. The van der Waals surface area contributed by atoms with Crippen LogP contribution in [-0.2, 0) is 4.79 Å². The Hall–Kier alpha value is -13.5. The van der Waals surface area contributed by atoms with Crippen LogP contribution in [0, 0.1) is 5.82 Å². The largest absolute Gasteiger partial charge is 0.508 e. The number of ether oxygens (including phenoxy) is 8. The van der Waals surface area contributed by atoms with Crippen molar-refractivity contribution in [2.24, 2.45) is 0 Å². The lowest BCUT2D eigenvalue weighted by Crippen LogP contribution is -2.30. The molecular formula is C95H94B6ClFO24. The second-order valence-electron chi connectivity index (χ2n) is 27.3. The van der Waals surface area contributed by atoms with Crippen molar-refractivity contribution in [3.63, 3.8) is 0 Å². The van der Waals surface area contributed by atoms with Crippen LogP contribution in [0.25, 0.3) is 72.9 Å². The average Bonchev–Trinajstić information content (AvgIpc) is 0.765. The third-order valence-electron chi connectivity index (χ3n) is 17.8. The van der Waals surface area contributed by atoms with Gasteiger partial charge in [0, 0.05) is 11.9 Å². The van der Waals surface area contributed by atoms with Gasteiger partial charge in [0.05, 0.1) is 54.8 Å². The Morgan fingerprint density at radius 1 is 0.299 bits per heavy atom. The molecule has 0 aliphatic carbocycles. The summed E-state index contributed by atoms with van der Waals surface area (Å²) in [5, 5.41) is 130. The maximum absolute atomic E-state index is 13.3. The second-order valence-corrected chi connectivity index (χ2v) is 27.7. The van der Waals surface area contributed by atoms with E-state index in [1.807, 2.05) is 201 Å². The number of aromatic carboxylic acids is 1. The molecule has 12 aromatic carbocycles. The molecule has 0 aliphatic heterocycles. The summed E-state index contributed by atoms with van der Waals surface area (Å²) in [4.78, 5) is 22.1. The van der Waals surface area contributed by atoms with Gasteiger partial charge in [-0.15, -0.1) is 0 Å². The summed E-state index contributed by atoms with van der Waals surface area (Å²) in [6, 6.07) is 72.5. The molecule has 0 saturated heterocycles. The maximum Gasteiger partial charge on any atom is 0.488 e. The van der Waals surface area contributed by atoms with Gasteiger partial charge >= 0.3 is 54.6 Å². The molecule has 0 saturated carbocycles. The molecule has 0 atom stereocenters. The number of aromatic hydroxyl groups is 1. The number of carboxylic acid groups (broad SMARTS) is 1. The van der Waals surface area contributed by atoms with E-state index < -0.39 is 60.5 Å². The highest BCUT2D eigenvalue weighted by Crippen LogP contribution is 2.24. The van der Waals surface area contributed by atoms with Gasteiger partial charge < -0.3 is 108 Å². The van der Waals surface area contributed by atoms with Crippen molar-refractivity contribution in [3.8, 4) is 51.7 Å². The molecule has 0 spiro atoms. The monoisotopic (exact) mass is 1740 g/mol. The van der Waals surface area contributed by atoms with Crippen LogP contribution < -0.4 is 70.7 Å². The molecule has 127 heavy (non-hydrogen) atoms. The molecule has 24 nitrogen and oxygen atoms in total. The molecule has 12 aromatic rings. The number of benzene rings is 12. The first kappa shape index (κ1) is 101. The van der Waals surface area contributed by atoms with E-state index in [0.29, 0.717) is 50.6 Å². The van der Waals surface area contributed by atoms with E-state index in [-0.39, 0.29) is 38.9 Å². The third kappa shape index (κ3) is 36.0. The van der Waals surface area contributed by atoms with Gasteiger partial charge in [0.15, 0.2) is 0 Å². The number of halogens is 2. The highest BCUT2D eigenvalue weighted by Gasteiger charge is 2.19. The van der Waals surface area contributed by atoms with E-state index in [4.69, 9.17) is 74.7 Å². The van der Waals surface area contributed by atoms with Gasteiger partial charge in [-0.2, -0.15) is 0 Å². The molecule has 12 rings (SSSR count). The number of phenols is 1. The Bertz CT molecular complexity index is 5400. The van der Waals surface area contributed by atoms with E-state index in [1.165, 1.54) is 55.5 Å². The molecule has 14 N–H and O–H groups in total. The summed E-state index contributed by atoms with van der Waals surface area (Å²) >= 11 is 5.94. The fourth-order valence-electron chi connectivity index (χ4n) is 11.4. The molecule has 0 bridgehead atoms. The zero-order valence-electron chi connectivity index (χ0n) is 70.4. The molecule has 32 heteroatoms. The number of phenolic OH excluding ortho intramolecular Hbond substituents is 1. The quantitative estimate of drug-likeness (QED) is 0.00938. The minimum Gasteiger partial charge on any atom is -0.508 e. The van der Waals surface area contributed by atoms with Gasteiger partial charge in [-0.1, -0.05) is 194 Å². The molecule has 0 amide bonds. The predicted octanol–water partition coefficient (Wildman–Crippen LogP) is 9.79. The molecule has 0 radical (unpaired) electrons. The van der Waals surface area contributed by atoms with Crippen molar-refractivity contribution in [1.82, 2.24) is 0 Å². The summed E-state index contributed by atoms with van der Waals surface area (Å²) < 4.78 is 54.3. The fourth-order valence-corrected chi connectivity index (χ4v) is 11.7. The zero-order chi connectivity index (χ0) is 92.5. The first-order valence-corrected chi connectivity index (χ1v) is 39.3. The number of rotatable bonds is 28. The Morgan fingerprint density at radius 2 is 0.543 bits per heavy atom. The van der Waals surface area contributed by atoms with E-state index >= 15 is 0 Å². The first-order chi connectivity index (χ1) is 60.8. The number of hydrogen-bond donors (Lipinski definition) is 14. The van der Waals surface area contributed by atoms with Crippen LogP contribution in [0.5, 0.6) is 51.7 Å². The normalized spacial score (nSPS) is 10.7. The lowest BCUT2D eigenvalue weighted by molar-refractivity contribution is -0.131. The first-order valence-electron chi connectivity index (χ1n) is 38.9. The van der Waals surface area contributed by atoms with Gasteiger partial charge in [0.25, 0.3) is 0 Å². The Balaban J connectivity index is 0.000000209. The zero-order valence-corrected chi connectivity index (χ0v) is 71.2. The van der Waals surface area contributed by atoms with Crippen LogP contribution in [0.4, 0.5) is 4.39 Å². The van der Waals surface area contributed by atoms with Crippen molar-refractivity contribution >= 4 is 172 Å².